The zero-order chi connectivity index (χ0) is 14.8. The highest BCUT2D eigenvalue weighted by Gasteiger charge is 2.29. The lowest BCUT2D eigenvalue weighted by Crippen LogP contribution is -2.43. The second kappa shape index (κ2) is 5.49. The quantitative estimate of drug-likeness (QED) is 0.834. The van der Waals surface area contributed by atoms with Crippen LogP contribution in [0.25, 0.3) is 0 Å². The molecule has 0 amide bonds. The number of hydrogen-bond acceptors (Lipinski definition) is 3. The van der Waals surface area contributed by atoms with Crippen LogP contribution in [0.1, 0.15) is 12.5 Å². The van der Waals surface area contributed by atoms with Crippen LogP contribution in [-0.2, 0) is 15.8 Å². The topological polar surface area (TPSA) is 69.6 Å². The Morgan fingerprint density at radius 3 is 2.42 bits per heavy atom. The average Bonchev–Trinajstić information content (AvgIpc) is 2.26. The molecule has 0 aromatic heterocycles. The van der Waals surface area contributed by atoms with Crippen LogP contribution in [0.5, 0.6) is 0 Å². The van der Waals surface area contributed by atoms with Crippen molar-refractivity contribution in [1.29, 1.82) is 0 Å². The molecule has 8 heteroatoms. The van der Waals surface area contributed by atoms with Crippen LogP contribution >= 0.6 is 0 Å². The van der Waals surface area contributed by atoms with Gasteiger partial charge in [-0.05, 0) is 13.0 Å². The van der Waals surface area contributed by atoms with Gasteiger partial charge in [0.1, 0.15) is 17.2 Å². The summed E-state index contributed by atoms with van der Waals surface area (Å²) in [4.78, 5) is 0. The maximum absolute atomic E-state index is 13.5. The van der Waals surface area contributed by atoms with E-state index < -0.39 is 34.0 Å². The SMILES string of the molecule is CN(C)S(=O)(=O)NCC(C)(O)c1ccc(F)cc1F. The van der Waals surface area contributed by atoms with Gasteiger partial charge < -0.3 is 5.11 Å². The van der Waals surface area contributed by atoms with Gasteiger partial charge in [0.15, 0.2) is 0 Å². The number of halogens is 2. The summed E-state index contributed by atoms with van der Waals surface area (Å²) in [6.07, 6.45) is 0. The van der Waals surface area contributed by atoms with Crippen molar-refractivity contribution < 1.29 is 22.3 Å². The first-order chi connectivity index (χ1) is 8.56. The number of aliphatic hydroxyl groups is 1. The van der Waals surface area contributed by atoms with E-state index in [2.05, 4.69) is 4.72 Å². The molecule has 0 spiro atoms. The van der Waals surface area contributed by atoms with Crippen molar-refractivity contribution >= 4 is 10.2 Å². The number of hydrogen-bond donors (Lipinski definition) is 2. The molecular formula is C11H16F2N2O3S. The van der Waals surface area contributed by atoms with Crippen LogP contribution in [0, 0.1) is 11.6 Å². The predicted octanol–water partition coefficient (Wildman–Crippen LogP) is 0.568. The monoisotopic (exact) mass is 294 g/mol. The number of nitrogens with zero attached hydrogens (tertiary/aromatic N) is 1. The minimum Gasteiger partial charge on any atom is -0.384 e. The summed E-state index contributed by atoms with van der Waals surface area (Å²) >= 11 is 0. The fourth-order valence-electron chi connectivity index (χ4n) is 1.38. The van der Waals surface area contributed by atoms with Gasteiger partial charge in [0.2, 0.25) is 0 Å². The smallest absolute Gasteiger partial charge is 0.279 e. The lowest BCUT2D eigenvalue weighted by Gasteiger charge is -2.25. The summed E-state index contributed by atoms with van der Waals surface area (Å²) < 4.78 is 52.4. The van der Waals surface area contributed by atoms with Crippen LogP contribution < -0.4 is 4.72 Å². The Balaban J connectivity index is 2.93. The first-order valence-corrected chi connectivity index (χ1v) is 6.85. The summed E-state index contributed by atoms with van der Waals surface area (Å²) in [6, 6.07) is 2.70. The first-order valence-electron chi connectivity index (χ1n) is 5.41. The minimum absolute atomic E-state index is 0.185. The lowest BCUT2D eigenvalue weighted by molar-refractivity contribution is 0.0585. The molecule has 0 fully saturated rings. The summed E-state index contributed by atoms with van der Waals surface area (Å²) in [5.74, 6) is -1.71. The van der Waals surface area contributed by atoms with Gasteiger partial charge in [0.05, 0.1) is 0 Å². The third-order valence-corrected chi connectivity index (χ3v) is 4.06. The summed E-state index contributed by atoms with van der Waals surface area (Å²) in [5, 5.41) is 10.1. The normalized spacial score (nSPS) is 15.5. The molecule has 0 aliphatic carbocycles. The molecule has 0 aliphatic rings. The summed E-state index contributed by atoms with van der Waals surface area (Å²) in [7, 11) is -1.10. The Labute approximate surface area is 111 Å². The van der Waals surface area contributed by atoms with E-state index in [0.717, 1.165) is 16.4 Å². The molecule has 5 nitrogen and oxygen atoms in total. The molecule has 1 atom stereocenters. The highest BCUT2D eigenvalue weighted by molar-refractivity contribution is 7.87. The molecule has 0 saturated heterocycles. The van der Waals surface area contributed by atoms with Gasteiger partial charge in [-0.15, -0.1) is 0 Å². The van der Waals surface area contributed by atoms with E-state index in [1.165, 1.54) is 21.0 Å². The Morgan fingerprint density at radius 1 is 1.37 bits per heavy atom. The second-order valence-corrected chi connectivity index (χ2v) is 6.48. The zero-order valence-electron chi connectivity index (χ0n) is 10.8. The lowest BCUT2D eigenvalue weighted by atomic mass is 9.96. The molecule has 1 aromatic rings. The highest BCUT2D eigenvalue weighted by Crippen LogP contribution is 2.23. The van der Waals surface area contributed by atoms with Crippen LogP contribution in [0.4, 0.5) is 8.78 Å². The predicted molar refractivity (Wildman–Crippen MR) is 66.5 cm³/mol. The van der Waals surface area contributed by atoms with Crippen molar-refractivity contribution in [3.63, 3.8) is 0 Å². The highest BCUT2D eigenvalue weighted by atomic mass is 32.2. The van der Waals surface area contributed by atoms with E-state index in [1.807, 2.05) is 0 Å². The average molecular weight is 294 g/mol. The van der Waals surface area contributed by atoms with Crippen molar-refractivity contribution in [3.05, 3.63) is 35.4 Å². The molecule has 108 valence electrons. The molecule has 19 heavy (non-hydrogen) atoms. The fourth-order valence-corrected chi connectivity index (χ4v) is 2.10. The summed E-state index contributed by atoms with van der Waals surface area (Å²) in [6.45, 7) is 0.803. The Morgan fingerprint density at radius 2 is 1.95 bits per heavy atom. The Kier molecular flexibility index (Phi) is 4.62. The second-order valence-electron chi connectivity index (χ2n) is 4.51. The molecule has 1 aromatic carbocycles. The Hall–Kier alpha value is -1.09. The Bertz CT molecular complexity index is 559. The van der Waals surface area contributed by atoms with Crippen molar-refractivity contribution in [2.24, 2.45) is 0 Å². The first kappa shape index (κ1) is 16.0. The number of benzene rings is 1. The molecule has 0 saturated carbocycles. The van der Waals surface area contributed by atoms with E-state index in [0.29, 0.717) is 6.07 Å². The van der Waals surface area contributed by atoms with Gasteiger partial charge in [-0.3, -0.25) is 0 Å². The van der Waals surface area contributed by atoms with Crippen molar-refractivity contribution in [2.75, 3.05) is 20.6 Å². The molecule has 0 radical (unpaired) electrons. The maximum Gasteiger partial charge on any atom is 0.279 e. The fraction of sp³-hybridized carbons (Fsp3) is 0.455. The van der Waals surface area contributed by atoms with Gasteiger partial charge in [-0.25, -0.2) is 8.78 Å². The van der Waals surface area contributed by atoms with Gasteiger partial charge in [0.25, 0.3) is 10.2 Å². The van der Waals surface area contributed by atoms with Gasteiger partial charge in [-0.1, -0.05) is 6.07 Å². The van der Waals surface area contributed by atoms with E-state index in [9.17, 15) is 22.3 Å². The molecule has 0 bridgehead atoms. The van der Waals surface area contributed by atoms with Crippen LogP contribution in [-0.4, -0.2) is 38.5 Å². The largest absolute Gasteiger partial charge is 0.384 e. The standard InChI is InChI=1S/C11H16F2N2O3S/c1-11(16,7-14-19(17,18)15(2)3)9-5-4-8(12)6-10(9)13/h4-6,14,16H,7H2,1-3H3. The van der Waals surface area contributed by atoms with Crippen LogP contribution in [0.2, 0.25) is 0 Å². The van der Waals surface area contributed by atoms with E-state index >= 15 is 0 Å². The zero-order valence-corrected chi connectivity index (χ0v) is 11.6. The van der Waals surface area contributed by atoms with Crippen LogP contribution in [0.3, 0.4) is 0 Å². The molecule has 0 aliphatic heterocycles. The van der Waals surface area contributed by atoms with E-state index in [4.69, 9.17) is 0 Å². The molecule has 0 heterocycles. The van der Waals surface area contributed by atoms with E-state index in [1.54, 1.807) is 0 Å². The van der Waals surface area contributed by atoms with Crippen molar-refractivity contribution in [1.82, 2.24) is 9.03 Å². The number of rotatable bonds is 5. The van der Waals surface area contributed by atoms with Gasteiger partial charge >= 0.3 is 0 Å². The minimum atomic E-state index is -3.73. The van der Waals surface area contributed by atoms with Gasteiger partial charge in [0, 0.05) is 32.3 Å². The van der Waals surface area contributed by atoms with E-state index in [-0.39, 0.29) is 5.56 Å². The molecule has 1 unspecified atom stereocenters. The molecule has 2 N–H and O–H groups in total. The molecular weight excluding hydrogens is 278 g/mol. The van der Waals surface area contributed by atoms with Crippen molar-refractivity contribution in [3.8, 4) is 0 Å². The third-order valence-electron chi connectivity index (χ3n) is 2.59. The number of nitrogens with one attached hydrogen (secondary N) is 1. The van der Waals surface area contributed by atoms with Crippen LogP contribution in [0.15, 0.2) is 18.2 Å². The maximum atomic E-state index is 13.5. The third kappa shape index (κ3) is 3.93. The van der Waals surface area contributed by atoms with Gasteiger partial charge in [-0.2, -0.15) is 17.4 Å². The summed E-state index contributed by atoms with van der Waals surface area (Å²) in [5.41, 5.74) is -1.98. The molecule has 1 rings (SSSR count). The van der Waals surface area contributed by atoms with Crippen molar-refractivity contribution in [2.45, 2.75) is 12.5 Å².